The number of ether oxygens (including phenoxy) is 2. The van der Waals surface area contributed by atoms with Crippen LogP contribution in [-0.4, -0.2) is 13.1 Å². The van der Waals surface area contributed by atoms with Crippen molar-refractivity contribution >= 4 is 28.5 Å². The van der Waals surface area contributed by atoms with E-state index < -0.39 is 11.6 Å². The summed E-state index contributed by atoms with van der Waals surface area (Å²) in [5.74, 6) is 0.0718. The summed E-state index contributed by atoms with van der Waals surface area (Å²) in [5.41, 5.74) is 0.798. The Labute approximate surface area is 142 Å². The van der Waals surface area contributed by atoms with Crippen molar-refractivity contribution < 1.29 is 18.7 Å². The van der Waals surface area contributed by atoms with Crippen LogP contribution in [0.25, 0.3) is 11.0 Å². The van der Waals surface area contributed by atoms with Gasteiger partial charge in [-0.3, -0.25) is 0 Å². The van der Waals surface area contributed by atoms with Gasteiger partial charge in [0.15, 0.2) is 0 Å². The first kappa shape index (κ1) is 16.1. The summed E-state index contributed by atoms with van der Waals surface area (Å²) >= 11 is 5.79. The molecule has 1 heterocycles. The Morgan fingerprint density at radius 3 is 2.58 bits per heavy atom. The normalized spacial score (nSPS) is 10.6. The van der Waals surface area contributed by atoms with Crippen LogP contribution in [0.5, 0.6) is 5.75 Å². The summed E-state index contributed by atoms with van der Waals surface area (Å²) in [6, 6.07) is 12.8. The van der Waals surface area contributed by atoms with Gasteiger partial charge in [0.05, 0.1) is 12.7 Å². The molecule has 0 aliphatic carbocycles. The van der Waals surface area contributed by atoms with Gasteiger partial charge in [-0.25, -0.2) is 9.59 Å². The molecule has 0 aliphatic rings. The van der Waals surface area contributed by atoms with Crippen molar-refractivity contribution in [3.05, 3.63) is 75.1 Å². The molecule has 6 heteroatoms. The molecule has 3 aromatic rings. The largest absolute Gasteiger partial charge is 0.497 e. The molecule has 0 saturated heterocycles. The van der Waals surface area contributed by atoms with E-state index in [2.05, 4.69) is 0 Å². The van der Waals surface area contributed by atoms with E-state index >= 15 is 0 Å². The van der Waals surface area contributed by atoms with Crippen molar-refractivity contribution in [3.8, 4) is 5.75 Å². The molecule has 24 heavy (non-hydrogen) atoms. The molecule has 122 valence electrons. The Kier molecular flexibility index (Phi) is 4.53. The maximum atomic E-state index is 12.1. The number of carbonyl (C=O) groups is 1. The SMILES string of the molecule is COc1ccc2c(COC(=O)c3ccc(Cl)cc3)cc(=O)oc2c1. The lowest BCUT2D eigenvalue weighted by atomic mass is 10.1. The van der Waals surface area contributed by atoms with Gasteiger partial charge in [0.1, 0.15) is 17.9 Å². The number of rotatable bonds is 4. The van der Waals surface area contributed by atoms with Crippen molar-refractivity contribution in [2.24, 2.45) is 0 Å². The molecule has 0 N–H and O–H groups in total. The standard InChI is InChI=1S/C18H13ClO5/c1-22-14-6-7-15-12(8-17(20)24-16(15)9-14)10-23-18(21)11-2-4-13(19)5-3-11/h2-9H,10H2,1H3. The van der Waals surface area contributed by atoms with Crippen LogP contribution in [0, 0.1) is 0 Å². The van der Waals surface area contributed by atoms with Gasteiger partial charge in [-0.15, -0.1) is 0 Å². The molecule has 1 aromatic heterocycles. The van der Waals surface area contributed by atoms with Gasteiger partial charge in [0.2, 0.25) is 0 Å². The van der Waals surface area contributed by atoms with E-state index in [1.54, 1.807) is 42.5 Å². The minimum absolute atomic E-state index is 0.0457. The predicted octanol–water partition coefficient (Wildman–Crippen LogP) is 3.81. The molecule has 0 bridgehead atoms. The molecule has 0 unspecified atom stereocenters. The topological polar surface area (TPSA) is 65.7 Å². The van der Waals surface area contributed by atoms with Crippen LogP contribution < -0.4 is 10.4 Å². The second kappa shape index (κ2) is 6.76. The number of hydrogen-bond acceptors (Lipinski definition) is 5. The van der Waals surface area contributed by atoms with Gasteiger partial charge in [0.25, 0.3) is 0 Å². The molecule has 2 aromatic carbocycles. The lowest BCUT2D eigenvalue weighted by molar-refractivity contribution is 0.0474. The number of carbonyl (C=O) groups excluding carboxylic acids is 1. The van der Waals surface area contributed by atoms with Gasteiger partial charge in [0, 0.05) is 28.1 Å². The molecule has 3 rings (SSSR count). The first-order chi connectivity index (χ1) is 11.6. The van der Waals surface area contributed by atoms with Crippen molar-refractivity contribution in [3.63, 3.8) is 0 Å². The Morgan fingerprint density at radius 2 is 1.88 bits per heavy atom. The Morgan fingerprint density at radius 1 is 1.12 bits per heavy atom. The van der Waals surface area contributed by atoms with E-state index in [4.69, 9.17) is 25.5 Å². The number of fused-ring (bicyclic) bond motifs is 1. The average molecular weight is 345 g/mol. The van der Waals surface area contributed by atoms with Gasteiger partial charge < -0.3 is 13.9 Å². The number of benzene rings is 2. The van der Waals surface area contributed by atoms with Crippen LogP contribution in [0.3, 0.4) is 0 Å². The summed E-state index contributed by atoms with van der Waals surface area (Å²) in [7, 11) is 1.52. The predicted molar refractivity (Wildman–Crippen MR) is 89.6 cm³/mol. The summed E-state index contributed by atoms with van der Waals surface area (Å²) in [5, 5.41) is 1.21. The zero-order valence-corrected chi connectivity index (χ0v) is 13.5. The highest BCUT2D eigenvalue weighted by Gasteiger charge is 2.11. The molecule has 0 amide bonds. The number of methoxy groups -OCH3 is 1. The maximum Gasteiger partial charge on any atom is 0.338 e. The first-order valence-corrected chi connectivity index (χ1v) is 7.48. The van der Waals surface area contributed by atoms with Gasteiger partial charge >= 0.3 is 11.6 Å². The molecule has 5 nitrogen and oxygen atoms in total. The van der Waals surface area contributed by atoms with E-state index in [-0.39, 0.29) is 6.61 Å². The molecule has 0 spiro atoms. The van der Waals surface area contributed by atoms with E-state index in [0.29, 0.717) is 32.9 Å². The number of hydrogen-bond donors (Lipinski definition) is 0. The van der Waals surface area contributed by atoms with Crippen LogP contribution in [0.1, 0.15) is 15.9 Å². The van der Waals surface area contributed by atoms with Crippen LogP contribution in [0.15, 0.2) is 57.7 Å². The lowest BCUT2D eigenvalue weighted by Gasteiger charge is -2.08. The third kappa shape index (κ3) is 3.41. The Bertz CT molecular complexity index is 944. The quantitative estimate of drug-likeness (QED) is 0.532. The highest BCUT2D eigenvalue weighted by Crippen LogP contribution is 2.23. The van der Waals surface area contributed by atoms with Crippen molar-refractivity contribution in [1.29, 1.82) is 0 Å². The minimum atomic E-state index is -0.520. The monoisotopic (exact) mass is 344 g/mol. The maximum absolute atomic E-state index is 12.1. The number of esters is 1. The first-order valence-electron chi connectivity index (χ1n) is 7.10. The molecule has 0 atom stereocenters. The van der Waals surface area contributed by atoms with Crippen LogP contribution in [0.2, 0.25) is 5.02 Å². The fraction of sp³-hybridized carbons (Fsp3) is 0.111. The van der Waals surface area contributed by atoms with E-state index in [9.17, 15) is 9.59 Å². The zero-order chi connectivity index (χ0) is 17.1. The van der Waals surface area contributed by atoms with Crippen molar-refractivity contribution in [2.45, 2.75) is 6.61 Å². The van der Waals surface area contributed by atoms with Crippen molar-refractivity contribution in [2.75, 3.05) is 7.11 Å². The highest BCUT2D eigenvalue weighted by atomic mass is 35.5. The summed E-state index contributed by atoms with van der Waals surface area (Å²) in [6.45, 7) is -0.0457. The lowest BCUT2D eigenvalue weighted by Crippen LogP contribution is -2.08. The second-order valence-corrected chi connectivity index (χ2v) is 5.47. The van der Waals surface area contributed by atoms with E-state index in [1.807, 2.05) is 0 Å². The van der Waals surface area contributed by atoms with Crippen molar-refractivity contribution in [1.82, 2.24) is 0 Å². The molecular formula is C18H13ClO5. The summed E-state index contributed by atoms with van der Waals surface area (Å²) in [4.78, 5) is 23.8. The minimum Gasteiger partial charge on any atom is -0.497 e. The van der Waals surface area contributed by atoms with E-state index in [0.717, 1.165) is 0 Å². The van der Waals surface area contributed by atoms with Gasteiger partial charge in [-0.2, -0.15) is 0 Å². The molecule has 0 fully saturated rings. The molecule has 0 radical (unpaired) electrons. The zero-order valence-electron chi connectivity index (χ0n) is 12.7. The average Bonchev–Trinajstić information content (AvgIpc) is 2.59. The summed E-state index contributed by atoms with van der Waals surface area (Å²) < 4.78 is 15.5. The summed E-state index contributed by atoms with van der Waals surface area (Å²) in [6.07, 6.45) is 0. The van der Waals surface area contributed by atoms with E-state index in [1.165, 1.54) is 13.2 Å². The Hall–Kier alpha value is -2.79. The fourth-order valence-electron chi connectivity index (χ4n) is 2.27. The highest BCUT2D eigenvalue weighted by molar-refractivity contribution is 6.30. The third-order valence-corrected chi connectivity index (χ3v) is 3.73. The number of halogens is 1. The van der Waals surface area contributed by atoms with Crippen LogP contribution >= 0.6 is 11.6 Å². The Balaban J connectivity index is 1.85. The molecular weight excluding hydrogens is 332 g/mol. The van der Waals surface area contributed by atoms with Crippen LogP contribution in [-0.2, 0) is 11.3 Å². The smallest absolute Gasteiger partial charge is 0.338 e. The van der Waals surface area contributed by atoms with Crippen LogP contribution in [0.4, 0.5) is 0 Å². The third-order valence-electron chi connectivity index (χ3n) is 3.48. The second-order valence-electron chi connectivity index (χ2n) is 5.04. The van der Waals surface area contributed by atoms with Gasteiger partial charge in [-0.1, -0.05) is 11.6 Å². The molecule has 0 aliphatic heterocycles. The fourth-order valence-corrected chi connectivity index (χ4v) is 2.40. The molecule has 0 saturated carbocycles. The van der Waals surface area contributed by atoms with Gasteiger partial charge in [-0.05, 0) is 36.4 Å².